The van der Waals surface area contributed by atoms with Crippen molar-refractivity contribution in [1.29, 1.82) is 0 Å². The minimum atomic E-state index is -0.0629. The van der Waals surface area contributed by atoms with E-state index in [1.54, 1.807) is 11.8 Å². The second-order valence-corrected chi connectivity index (χ2v) is 6.83. The molecule has 0 radical (unpaired) electrons. The lowest BCUT2D eigenvalue weighted by molar-refractivity contribution is -0.130. The molecule has 2 rings (SSSR count). The predicted molar refractivity (Wildman–Crippen MR) is 89.3 cm³/mol. The largest absolute Gasteiger partial charge is 0.322 e. The van der Waals surface area contributed by atoms with Crippen LogP contribution in [0.25, 0.3) is 0 Å². The average Bonchev–Trinajstić information content (AvgIpc) is 2.82. The first-order chi connectivity index (χ1) is 10.1. The van der Waals surface area contributed by atoms with Gasteiger partial charge in [-0.05, 0) is 36.3 Å². The first-order valence-corrected chi connectivity index (χ1v) is 9.01. The van der Waals surface area contributed by atoms with Crippen molar-refractivity contribution in [1.82, 2.24) is 10.2 Å². The van der Waals surface area contributed by atoms with E-state index in [-0.39, 0.29) is 18.1 Å². The zero-order valence-electron chi connectivity index (χ0n) is 13.4. The van der Waals surface area contributed by atoms with E-state index in [2.05, 4.69) is 56.6 Å². The van der Waals surface area contributed by atoms with Gasteiger partial charge < -0.3 is 4.90 Å². The number of carbonyl (C=O) groups is 1. The van der Waals surface area contributed by atoms with Crippen molar-refractivity contribution in [2.24, 2.45) is 5.92 Å². The molecule has 4 heteroatoms. The highest BCUT2D eigenvalue weighted by atomic mass is 32.2. The Hall–Kier alpha value is -1.00. The lowest BCUT2D eigenvalue weighted by Crippen LogP contribution is -2.34. The Labute approximate surface area is 132 Å². The molecule has 1 aromatic carbocycles. The molecule has 21 heavy (non-hydrogen) atoms. The van der Waals surface area contributed by atoms with Gasteiger partial charge in [0, 0.05) is 11.4 Å². The smallest absolute Gasteiger partial charge is 0.241 e. The van der Waals surface area contributed by atoms with Crippen LogP contribution < -0.4 is 5.32 Å². The fourth-order valence-corrected chi connectivity index (χ4v) is 3.15. The Balaban J connectivity index is 2.22. The molecular formula is C17H26N2OS. The zero-order chi connectivity index (χ0) is 15.4. The van der Waals surface area contributed by atoms with Crippen LogP contribution in [0.4, 0.5) is 0 Å². The molecule has 116 valence electrons. The molecule has 1 heterocycles. The molecule has 1 aromatic rings. The van der Waals surface area contributed by atoms with Crippen LogP contribution in [-0.2, 0) is 4.79 Å². The maximum absolute atomic E-state index is 12.6. The van der Waals surface area contributed by atoms with E-state index in [4.69, 9.17) is 0 Å². The quantitative estimate of drug-likeness (QED) is 0.814. The number of unbranched alkanes of at least 4 members (excludes halogenated alkanes) is 1. The lowest BCUT2D eigenvalue weighted by atomic mass is 10.1. The molecule has 1 saturated heterocycles. The van der Waals surface area contributed by atoms with E-state index in [1.165, 1.54) is 10.5 Å². The van der Waals surface area contributed by atoms with Crippen molar-refractivity contribution in [3.8, 4) is 0 Å². The lowest BCUT2D eigenvalue weighted by Gasteiger charge is -2.24. The highest BCUT2D eigenvalue weighted by Gasteiger charge is 2.40. The minimum absolute atomic E-state index is 0.0207. The van der Waals surface area contributed by atoms with Crippen molar-refractivity contribution in [3.63, 3.8) is 0 Å². The molecule has 0 spiro atoms. The Kier molecular flexibility index (Phi) is 5.71. The average molecular weight is 306 g/mol. The van der Waals surface area contributed by atoms with E-state index in [9.17, 15) is 4.79 Å². The van der Waals surface area contributed by atoms with E-state index < -0.39 is 0 Å². The van der Waals surface area contributed by atoms with Gasteiger partial charge in [-0.1, -0.05) is 39.3 Å². The topological polar surface area (TPSA) is 32.3 Å². The standard InChI is InChI=1S/C17H26N2OS/c1-5-6-11-19-16(18-15(12(2)3)17(19)20)13-7-9-14(21-4)10-8-13/h7-10,12,15-16,18H,5-6,11H2,1-4H3. The summed E-state index contributed by atoms with van der Waals surface area (Å²) in [6.07, 6.45) is 4.26. The molecule has 2 atom stereocenters. The molecule has 1 N–H and O–H groups in total. The SMILES string of the molecule is CCCCN1C(=O)C(C(C)C)NC1c1ccc(SC)cc1. The maximum Gasteiger partial charge on any atom is 0.241 e. The number of nitrogens with zero attached hydrogens (tertiary/aromatic N) is 1. The highest BCUT2D eigenvalue weighted by Crippen LogP contribution is 2.29. The summed E-state index contributed by atoms with van der Waals surface area (Å²) in [5, 5.41) is 3.52. The Morgan fingerprint density at radius 3 is 2.48 bits per heavy atom. The number of thioether (sulfide) groups is 1. The molecular weight excluding hydrogens is 280 g/mol. The molecule has 1 aliphatic heterocycles. The summed E-state index contributed by atoms with van der Waals surface area (Å²) in [4.78, 5) is 15.9. The molecule has 0 saturated carbocycles. The van der Waals surface area contributed by atoms with Crippen molar-refractivity contribution in [3.05, 3.63) is 29.8 Å². The van der Waals surface area contributed by atoms with Gasteiger partial charge in [0.05, 0.1) is 6.04 Å². The van der Waals surface area contributed by atoms with Crippen LogP contribution in [0.15, 0.2) is 29.2 Å². The number of hydrogen-bond acceptors (Lipinski definition) is 3. The summed E-state index contributed by atoms with van der Waals surface area (Å²) in [5.74, 6) is 0.564. The molecule has 0 bridgehead atoms. The van der Waals surface area contributed by atoms with Gasteiger partial charge in [0.2, 0.25) is 5.91 Å². The molecule has 1 fully saturated rings. The summed E-state index contributed by atoms with van der Waals surface area (Å²) in [7, 11) is 0. The highest BCUT2D eigenvalue weighted by molar-refractivity contribution is 7.98. The van der Waals surface area contributed by atoms with E-state index in [1.807, 2.05) is 4.90 Å². The summed E-state index contributed by atoms with van der Waals surface area (Å²) in [6.45, 7) is 7.20. The summed E-state index contributed by atoms with van der Waals surface area (Å²) in [5.41, 5.74) is 1.18. The molecule has 1 aliphatic rings. The van der Waals surface area contributed by atoms with Gasteiger partial charge in [-0.2, -0.15) is 0 Å². The number of hydrogen-bond donors (Lipinski definition) is 1. The van der Waals surface area contributed by atoms with E-state index in [0.29, 0.717) is 5.92 Å². The third-order valence-corrected chi connectivity index (χ3v) is 4.79. The molecule has 3 nitrogen and oxygen atoms in total. The van der Waals surface area contributed by atoms with Crippen LogP contribution in [0.3, 0.4) is 0 Å². The molecule has 1 amide bonds. The van der Waals surface area contributed by atoms with Crippen LogP contribution in [0.5, 0.6) is 0 Å². The molecule has 0 aliphatic carbocycles. The van der Waals surface area contributed by atoms with Crippen molar-refractivity contribution < 1.29 is 4.79 Å². The van der Waals surface area contributed by atoms with Crippen molar-refractivity contribution in [2.75, 3.05) is 12.8 Å². The van der Waals surface area contributed by atoms with Crippen LogP contribution in [-0.4, -0.2) is 29.6 Å². The number of rotatable bonds is 6. The van der Waals surface area contributed by atoms with Gasteiger partial charge in [0.25, 0.3) is 0 Å². The third-order valence-electron chi connectivity index (χ3n) is 4.05. The minimum Gasteiger partial charge on any atom is -0.322 e. The number of amides is 1. The van der Waals surface area contributed by atoms with Gasteiger partial charge in [-0.3, -0.25) is 10.1 Å². The first-order valence-electron chi connectivity index (χ1n) is 7.79. The van der Waals surface area contributed by atoms with Crippen LogP contribution in [0.1, 0.15) is 45.3 Å². The summed E-state index contributed by atoms with van der Waals surface area (Å²) >= 11 is 1.74. The van der Waals surface area contributed by atoms with Gasteiger partial charge in [-0.25, -0.2) is 0 Å². The number of carbonyl (C=O) groups excluding carboxylic acids is 1. The van der Waals surface area contributed by atoms with Gasteiger partial charge in [0.1, 0.15) is 6.17 Å². The predicted octanol–water partition coefficient (Wildman–Crippen LogP) is 3.66. The van der Waals surface area contributed by atoms with Gasteiger partial charge in [-0.15, -0.1) is 11.8 Å². The van der Waals surface area contributed by atoms with Crippen molar-refractivity contribution in [2.45, 2.75) is 50.7 Å². The summed E-state index contributed by atoms with van der Waals surface area (Å²) < 4.78 is 0. The first kappa shape index (κ1) is 16.4. The van der Waals surface area contributed by atoms with E-state index in [0.717, 1.165) is 19.4 Å². The van der Waals surface area contributed by atoms with Gasteiger partial charge >= 0.3 is 0 Å². The Morgan fingerprint density at radius 2 is 1.95 bits per heavy atom. The second-order valence-electron chi connectivity index (χ2n) is 5.95. The fourth-order valence-electron chi connectivity index (χ4n) is 2.74. The third kappa shape index (κ3) is 3.61. The van der Waals surface area contributed by atoms with Crippen molar-refractivity contribution >= 4 is 17.7 Å². The normalized spacial score (nSPS) is 22.3. The van der Waals surface area contributed by atoms with Crippen LogP contribution >= 0.6 is 11.8 Å². The van der Waals surface area contributed by atoms with Crippen LogP contribution in [0.2, 0.25) is 0 Å². The van der Waals surface area contributed by atoms with E-state index >= 15 is 0 Å². The second kappa shape index (κ2) is 7.32. The van der Waals surface area contributed by atoms with Gasteiger partial charge in [0.15, 0.2) is 0 Å². The number of benzene rings is 1. The van der Waals surface area contributed by atoms with Crippen LogP contribution in [0, 0.1) is 5.92 Å². The molecule has 2 unspecified atom stereocenters. The zero-order valence-corrected chi connectivity index (χ0v) is 14.2. The number of nitrogens with one attached hydrogen (secondary N) is 1. The maximum atomic E-state index is 12.6. The monoisotopic (exact) mass is 306 g/mol. The Bertz CT molecular complexity index is 472. The fraction of sp³-hybridized carbons (Fsp3) is 0.588. The summed E-state index contributed by atoms with van der Waals surface area (Å²) in [6, 6.07) is 8.48. The molecule has 0 aromatic heterocycles. The Morgan fingerprint density at radius 1 is 1.29 bits per heavy atom.